The summed E-state index contributed by atoms with van der Waals surface area (Å²) in [5, 5.41) is 3.52. The number of benzene rings is 3. The lowest BCUT2D eigenvalue weighted by Crippen LogP contribution is -2.00. The first-order chi connectivity index (χ1) is 24.8. The first-order valence-corrected chi connectivity index (χ1v) is 16.8. The minimum absolute atomic E-state index is 0.791. The molecule has 236 valence electrons. The SMILES string of the molecule is C1=Nc2c(c3ccccc3n2-c2ccc(-c3cc(-c4ccncc4)nc(-c4cccc(-n5c6ccccc6c6cnccc65)n4)c3)cc2)CC1. The smallest absolute Gasteiger partial charge is 0.141 e. The Morgan fingerprint density at radius 3 is 2.10 bits per heavy atom. The van der Waals surface area contributed by atoms with E-state index < -0.39 is 0 Å². The summed E-state index contributed by atoms with van der Waals surface area (Å²) < 4.78 is 4.49. The molecule has 50 heavy (non-hydrogen) atoms. The first kappa shape index (κ1) is 28.3. The molecular formula is C43H29N7. The van der Waals surface area contributed by atoms with Gasteiger partial charge in [-0.25, -0.2) is 15.0 Å². The van der Waals surface area contributed by atoms with Crippen molar-refractivity contribution in [3.8, 4) is 45.3 Å². The fourth-order valence-electron chi connectivity index (χ4n) is 7.35. The zero-order valence-corrected chi connectivity index (χ0v) is 27.0. The van der Waals surface area contributed by atoms with E-state index in [0.29, 0.717) is 0 Å². The molecule has 9 aromatic rings. The van der Waals surface area contributed by atoms with Gasteiger partial charge in [0.15, 0.2) is 0 Å². The molecule has 10 rings (SSSR count). The Morgan fingerprint density at radius 2 is 1.24 bits per heavy atom. The molecule has 0 saturated carbocycles. The van der Waals surface area contributed by atoms with Crippen LogP contribution in [0.15, 0.2) is 151 Å². The fraction of sp³-hybridized carbons (Fsp3) is 0.0465. The maximum atomic E-state index is 5.22. The summed E-state index contributed by atoms with van der Waals surface area (Å²) >= 11 is 0. The van der Waals surface area contributed by atoms with Gasteiger partial charge in [-0.2, -0.15) is 0 Å². The standard InChI is InChI=1S/C43H29N7/c1-3-11-39-32(7-1)34-9-6-21-46-43(34)49(39)31-16-14-28(15-17-31)30-25-37(29-18-22-44-23-19-29)47-38(26-30)36-10-5-13-42(48-36)50-40-12-4-2-8-33(40)35-27-45-24-20-41(35)50/h1-5,7-8,10-27H,6,9H2. The zero-order chi connectivity index (χ0) is 33.0. The predicted molar refractivity (Wildman–Crippen MR) is 202 cm³/mol. The van der Waals surface area contributed by atoms with Crippen molar-refractivity contribution in [1.29, 1.82) is 0 Å². The van der Waals surface area contributed by atoms with Gasteiger partial charge in [0.25, 0.3) is 0 Å². The number of aryl methyl sites for hydroxylation is 1. The van der Waals surface area contributed by atoms with Gasteiger partial charge in [0.05, 0.1) is 33.6 Å². The van der Waals surface area contributed by atoms with Gasteiger partial charge in [0, 0.05) is 64.0 Å². The van der Waals surface area contributed by atoms with Gasteiger partial charge in [-0.1, -0.05) is 54.6 Å². The van der Waals surface area contributed by atoms with Gasteiger partial charge in [0.2, 0.25) is 0 Å². The van der Waals surface area contributed by atoms with Crippen molar-refractivity contribution in [2.45, 2.75) is 12.8 Å². The van der Waals surface area contributed by atoms with Crippen LogP contribution in [0.3, 0.4) is 0 Å². The van der Waals surface area contributed by atoms with Gasteiger partial charge >= 0.3 is 0 Å². The van der Waals surface area contributed by atoms with Crippen LogP contribution in [0.4, 0.5) is 5.82 Å². The molecule has 7 nitrogen and oxygen atoms in total. The van der Waals surface area contributed by atoms with Crippen molar-refractivity contribution < 1.29 is 0 Å². The lowest BCUT2D eigenvalue weighted by Gasteiger charge is -2.13. The normalized spacial score (nSPS) is 12.6. The van der Waals surface area contributed by atoms with E-state index in [9.17, 15) is 0 Å². The van der Waals surface area contributed by atoms with Crippen LogP contribution in [-0.4, -0.2) is 35.3 Å². The number of nitrogens with zero attached hydrogens (tertiary/aromatic N) is 7. The van der Waals surface area contributed by atoms with Crippen LogP contribution in [0.5, 0.6) is 0 Å². The van der Waals surface area contributed by atoms with Crippen molar-refractivity contribution in [3.05, 3.63) is 152 Å². The molecule has 0 aliphatic carbocycles. The van der Waals surface area contributed by atoms with Gasteiger partial charge in [-0.3, -0.25) is 19.1 Å². The van der Waals surface area contributed by atoms with Crippen LogP contribution in [-0.2, 0) is 6.42 Å². The average Bonchev–Trinajstić information content (AvgIpc) is 3.71. The number of rotatable bonds is 5. The Morgan fingerprint density at radius 1 is 0.500 bits per heavy atom. The second-order valence-corrected chi connectivity index (χ2v) is 12.5. The first-order valence-electron chi connectivity index (χ1n) is 16.8. The second kappa shape index (κ2) is 11.5. The lowest BCUT2D eigenvalue weighted by atomic mass is 10.0. The van der Waals surface area contributed by atoms with Gasteiger partial charge in [0.1, 0.15) is 11.6 Å². The highest BCUT2D eigenvalue weighted by Gasteiger charge is 2.20. The number of para-hydroxylation sites is 2. The van der Waals surface area contributed by atoms with E-state index in [1.807, 2.05) is 42.9 Å². The van der Waals surface area contributed by atoms with Crippen LogP contribution in [0, 0.1) is 0 Å². The molecule has 7 heterocycles. The van der Waals surface area contributed by atoms with Crippen LogP contribution in [0.25, 0.3) is 78.0 Å². The molecule has 0 amide bonds. The molecule has 0 spiro atoms. The summed E-state index contributed by atoms with van der Waals surface area (Å²) in [6, 6.07) is 42.2. The summed E-state index contributed by atoms with van der Waals surface area (Å²) in [4.78, 5) is 23.9. The Bertz CT molecular complexity index is 2700. The number of aliphatic imine (C=N–C) groups is 1. The van der Waals surface area contributed by atoms with Crippen molar-refractivity contribution in [2.75, 3.05) is 0 Å². The molecule has 6 aromatic heterocycles. The van der Waals surface area contributed by atoms with Gasteiger partial charge < -0.3 is 0 Å². The third kappa shape index (κ3) is 4.55. The molecule has 0 bridgehead atoms. The van der Waals surface area contributed by atoms with Crippen molar-refractivity contribution in [2.24, 2.45) is 4.99 Å². The van der Waals surface area contributed by atoms with E-state index in [1.54, 1.807) is 12.4 Å². The molecule has 0 saturated heterocycles. The number of aromatic nitrogens is 6. The highest BCUT2D eigenvalue weighted by atomic mass is 15.1. The zero-order valence-electron chi connectivity index (χ0n) is 27.0. The van der Waals surface area contributed by atoms with E-state index in [0.717, 1.165) is 85.7 Å². The number of hydrogen-bond donors (Lipinski definition) is 0. The monoisotopic (exact) mass is 643 g/mol. The molecule has 0 radical (unpaired) electrons. The predicted octanol–water partition coefficient (Wildman–Crippen LogP) is 9.96. The molecule has 3 aromatic carbocycles. The second-order valence-electron chi connectivity index (χ2n) is 12.5. The average molecular weight is 644 g/mol. The van der Waals surface area contributed by atoms with Crippen LogP contribution in [0.2, 0.25) is 0 Å². The third-order valence-electron chi connectivity index (χ3n) is 9.65. The largest absolute Gasteiger partial charge is 0.294 e. The Kier molecular flexibility index (Phi) is 6.48. The topological polar surface area (TPSA) is 73.8 Å². The molecule has 1 aliphatic rings. The van der Waals surface area contributed by atoms with E-state index in [1.165, 1.54) is 16.5 Å². The quantitative estimate of drug-likeness (QED) is 0.187. The maximum Gasteiger partial charge on any atom is 0.141 e. The van der Waals surface area contributed by atoms with Crippen LogP contribution >= 0.6 is 0 Å². The summed E-state index contributed by atoms with van der Waals surface area (Å²) in [7, 11) is 0. The van der Waals surface area contributed by atoms with Crippen molar-refractivity contribution >= 4 is 44.7 Å². The van der Waals surface area contributed by atoms with Crippen molar-refractivity contribution in [1.82, 2.24) is 29.1 Å². The number of fused-ring (bicyclic) bond motifs is 6. The molecule has 0 unspecified atom stereocenters. The number of hydrogen-bond acceptors (Lipinski definition) is 5. The Labute approximate surface area is 287 Å². The van der Waals surface area contributed by atoms with Crippen LogP contribution < -0.4 is 0 Å². The molecule has 7 heteroatoms. The molecule has 0 fully saturated rings. The van der Waals surface area contributed by atoms with E-state index in [2.05, 4.69) is 116 Å². The minimum Gasteiger partial charge on any atom is -0.294 e. The van der Waals surface area contributed by atoms with Crippen LogP contribution in [0.1, 0.15) is 12.0 Å². The minimum atomic E-state index is 0.791. The van der Waals surface area contributed by atoms with Gasteiger partial charge in [-0.05, 0) is 90.7 Å². The molecule has 0 atom stereocenters. The third-order valence-corrected chi connectivity index (χ3v) is 9.65. The Hall–Kier alpha value is -6.73. The summed E-state index contributed by atoms with van der Waals surface area (Å²) in [5.41, 5.74) is 11.3. The summed E-state index contributed by atoms with van der Waals surface area (Å²) in [6.07, 6.45) is 11.4. The summed E-state index contributed by atoms with van der Waals surface area (Å²) in [6.45, 7) is 0. The highest BCUT2D eigenvalue weighted by molar-refractivity contribution is 6.08. The Balaban J connectivity index is 1.11. The molecule has 1 aliphatic heterocycles. The molecular weight excluding hydrogens is 615 g/mol. The maximum absolute atomic E-state index is 5.22. The molecule has 0 N–H and O–H groups in total. The van der Waals surface area contributed by atoms with E-state index >= 15 is 0 Å². The van der Waals surface area contributed by atoms with Gasteiger partial charge in [-0.15, -0.1) is 0 Å². The van der Waals surface area contributed by atoms with E-state index in [4.69, 9.17) is 15.0 Å². The van der Waals surface area contributed by atoms with E-state index in [-0.39, 0.29) is 0 Å². The number of pyridine rings is 4. The highest BCUT2D eigenvalue weighted by Crippen LogP contribution is 2.39. The summed E-state index contributed by atoms with van der Waals surface area (Å²) in [5.74, 6) is 1.86. The fourth-order valence-corrected chi connectivity index (χ4v) is 7.35. The lowest BCUT2D eigenvalue weighted by molar-refractivity contribution is 1.00. The van der Waals surface area contributed by atoms with Crippen molar-refractivity contribution in [3.63, 3.8) is 0 Å².